The van der Waals surface area contributed by atoms with Crippen molar-refractivity contribution in [1.29, 1.82) is 0 Å². The number of fused-ring (bicyclic) bond motifs is 2. The molecule has 1 aliphatic carbocycles. The van der Waals surface area contributed by atoms with Gasteiger partial charge in [0.15, 0.2) is 0 Å². The van der Waals surface area contributed by atoms with E-state index >= 15 is 0 Å². The van der Waals surface area contributed by atoms with E-state index in [1.807, 2.05) is 6.08 Å². The van der Waals surface area contributed by atoms with Crippen molar-refractivity contribution in [2.45, 2.75) is 12.8 Å². The number of aromatic nitrogens is 4. The van der Waals surface area contributed by atoms with Gasteiger partial charge in [0.2, 0.25) is 5.78 Å². The maximum absolute atomic E-state index is 12.1. The topological polar surface area (TPSA) is 106 Å². The average Bonchev–Trinajstić information content (AvgIpc) is 3.10. The Morgan fingerprint density at radius 2 is 2.09 bits per heavy atom. The Labute approximate surface area is 128 Å². The fourth-order valence-electron chi connectivity index (χ4n) is 2.62. The first-order chi connectivity index (χ1) is 11.1. The molecule has 0 saturated heterocycles. The Hall–Kier alpha value is -3.29. The van der Waals surface area contributed by atoms with E-state index in [-0.39, 0.29) is 11.2 Å². The molecule has 23 heavy (non-hydrogen) atoms. The van der Waals surface area contributed by atoms with Gasteiger partial charge in [-0.1, -0.05) is 6.08 Å². The van der Waals surface area contributed by atoms with Crippen molar-refractivity contribution in [2.75, 3.05) is 0 Å². The van der Waals surface area contributed by atoms with E-state index in [9.17, 15) is 14.9 Å². The Kier molecular flexibility index (Phi) is 2.83. The highest BCUT2D eigenvalue weighted by molar-refractivity contribution is 5.51. The van der Waals surface area contributed by atoms with Crippen molar-refractivity contribution in [3.05, 3.63) is 66.7 Å². The maximum Gasteiger partial charge on any atom is 0.276 e. The molecule has 0 aliphatic heterocycles. The van der Waals surface area contributed by atoms with E-state index in [1.165, 1.54) is 16.6 Å². The van der Waals surface area contributed by atoms with Crippen LogP contribution >= 0.6 is 0 Å². The number of H-pyrrole nitrogens is 1. The summed E-state index contributed by atoms with van der Waals surface area (Å²) in [6.07, 6.45) is 5.33. The molecule has 1 aliphatic rings. The third-order valence-corrected chi connectivity index (χ3v) is 3.76. The van der Waals surface area contributed by atoms with Crippen LogP contribution in [0.1, 0.15) is 17.7 Å². The largest absolute Gasteiger partial charge is 0.289 e. The van der Waals surface area contributed by atoms with Gasteiger partial charge in [-0.2, -0.15) is 9.61 Å². The van der Waals surface area contributed by atoms with Gasteiger partial charge in [-0.15, -0.1) is 0 Å². The number of nitrogens with one attached hydrogen (secondary N) is 1. The second kappa shape index (κ2) is 4.87. The van der Waals surface area contributed by atoms with Crippen LogP contribution in [0.4, 0.5) is 5.69 Å². The lowest BCUT2D eigenvalue weighted by molar-refractivity contribution is -0.384. The number of benzene rings is 1. The Bertz CT molecular complexity index is 1110. The quantitative estimate of drug-likeness (QED) is 0.525. The van der Waals surface area contributed by atoms with Crippen LogP contribution in [0, 0.1) is 10.1 Å². The van der Waals surface area contributed by atoms with E-state index in [1.54, 1.807) is 18.2 Å². The summed E-state index contributed by atoms with van der Waals surface area (Å²) in [6, 6.07) is 5.97. The SMILES string of the molecule is O=c1[nH]c2nc3c(nn2/c1=C\c1ccc([N+](=O)[O-])cc1)CCC=3. The van der Waals surface area contributed by atoms with Crippen molar-refractivity contribution in [1.82, 2.24) is 19.6 Å². The van der Waals surface area contributed by atoms with Gasteiger partial charge in [-0.25, -0.2) is 4.98 Å². The zero-order chi connectivity index (χ0) is 16.0. The van der Waals surface area contributed by atoms with Gasteiger partial charge in [0.1, 0.15) is 5.35 Å². The van der Waals surface area contributed by atoms with E-state index < -0.39 is 4.92 Å². The van der Waals surface area contributed by atoms with Crippen molar-refractivity contribution in [3.63, 3.8) is 0 Å². The summed E-state index contributed by atoms with van der Waals surface area (Å²) in [7, 11) is 0. The first-order valence-corrected chi connectivity index (χ1v) is 7.06. The van der Waals surface area contributed by atoms with Crippen molar-refractivity contribution in [3.8, 4) is 0 Å². The molecule has 0 saturated carbocycles. The zero-order valence-electron chi connectivity index (χ0n) is 11.9. The number of aryl methyl sites for hydroxylation is 1. The summed E-state index contributed by atoms with van der Waals surface area (Å²) in [5, 5.41) is 16.3. The third kappa shape index (κ3) is 2.20. The monoisotopic (exact) mass is 309 g/mol. The molecule has 0 atom stereocenters. The number of non-ortho nitro benzene ring substituents is 1. The fourth-order valence-corrected chi connectivity index (χ4v) is 2.62. The molecule has 8 nitrogen and oxygen atoms in total. The molecule has 0 radical (unpaired) electrons. The van der Waals surface area contributed by atoms with Crippen LogP contribution < -0.4 is 16.3 Å². The molecule has 8 heteroatoms. The number of nitro groups is 1. The molecule has 2 aromatic heterocycles. The predicted molar refractivity (Wildman–Crippen MR) is 82.3 cm³/mol. The normalized spacial score (nSPS) is 14.0. The molecule has 1 N–H and O–H groups in total. The summed E-state index contributed by atoms with van der Waals surface area (Å²) in [5.74, 6) is 0.389. The summed E-state index contributed by atoms with van der Waals surface area (Å²) in [5.41, 5.74) is 1.24. The average molecular weight is 309 g/mol. The van der Waals surface area contributed by atoms with Crippen LogP contribution in [-0.2, 0) is 6.42 Å². The van der Waals surface area contributed by atoms with Crippen molar-refractivity contribution >= 4 is 23.6 Å². The van der Waals surface area contributed by atoms with Gasteiger partial charge < -0.3 is 0 Å². The van der Waals surface area contributed by atoms with Gasteiger partial charge in [-0.05, 0) is 36.6 Å². The van der Waals surface area contributed by atoms with Crippen LogP contribution in [0.3, 0.4) is 0 Å². The summed E-state index contributed by atoms with van der Waals surface area (Å²) >= 11 is 0. The van der Waals surface area contributed by atoms with Crippen LogP contribution in [0.5, 0.6) is 0 Å². The van der Waals surface area contributed by atoms with E-state index in [4.69, 9.17) is 0 Å². The van der Waals surface area contributed by atoms with Crippen LogP contribution in [0.15, 0.2) is 29.1 Å². The molecule has 3 aromatic rings. The van der Waals surface area contributed by atoms with Gasteiger partial charge in [0.25, 0.3) is 11.2 Å². The van der Waals surface area contributed by atoms with E-state index in [0.29, 0.717) is 16.7 Å². The van der Waals surface area contributed by atoms with Gasteiger partial charge in [0.05, 0.1) is 16.0 Å². The number of hydrogen-bond donors (Lipinski definition) is 1. The molecule has 0 amide bonds. The van der Waals surface area contributed by atoms with Crippen LogP contribution in [0.25, 0.3) is 17.9 Å². The van der Waals surface area contributed by atoms with E-state index in [2.05, 4.69) is 15.1 Å². The van der Waals surface area contributed by atoms with E-state index in [0.717, 1.165) is 23.9 Å². The highest BCUT2D eigenvalue weighted by atomic mass is 16.6. The fraction of sp³-hybridized carbons (Fsp3) is 0.133. The highest BCUT2D eigenvalue weighted by Crippen LogP contribution is 2.12. The second-order valence-corrected chi connectivity index (χ2v) is 5.25. The van der Waals surface area contributed by atoms with Gasteiger partial charge in [-0.3, -0.25) is 19.9 Å². The number of nitrogens with zero attached hydrogens (tertiary/aromatic N) is 4. The third-order valence-electron chi connectivity index (χ3n) is 3.76. The van der Waals surface area contributed by atoms with Crippen LogP contribution in [-0.4, -0.2) is 24.5 Å². The molecule has 2 heterocycles. The number of nitro benzene ring substituents is 1. The molecular formula is C15H11N5O3. The number of hydrogen-bond acceptors (Lipinski definition) is 5. The maximum atomic E-state index is 12.1. The van der Waals surface area contributed by atoms with Gasteiger partial charge >= 0.3 is 0 Å². The molecular weight excluding hydrogens is 298 g/mol. The number of rotatable bonds is 2. The minimum Gasteiger partial charge on any atom is -0.289 e. The Morgan fingerprint density at radius 1 is 1.30 bits per heavy atom. The molecule has 0 bridgehead atoms. The summed E-state index contributed by atoms with van der Waals surface area (Å²) in [4.78, 5) is 29.4. The standard InChI is InChI=1S/C15H11N5O3/c21-14-13(8-9-4-6-10(7-5-9)20(22)23)19-15(17-14)16-11-2-1-3-12(11)18-19/h2,4-8H,1,3H2,(H,16,17,21)/b13-8-. The summed E-state index contributed by atoms with van der Waals surface area (Å²) in [6.45, 7) is 0. The Balaban J connectivity index is 1.91. The highest BCUT2D eigenvalue weighted by Gasteiger charge is 2.11. The number of aromatic amines is 1. The first kappa shape index (κ1) is 13.4. The molecule has 114 valence electrons. The molecule has 0 spiro atoms. The number of imidazole rings is 1. The molecule has 1 aromatic carbocycles. The molecule has 4 rings (SSSR count). The van der Waals surface area contributed by atoms with Crippen LogP contribution in [0.2, 0.25) is 0 Å². The van der Waals surface area contributed by atoms with Crippen molar-refractivity contribution < 1.29 is 4.92 Å². The van der Waals surface area contributed by atoms with Gasteiger partial charge in [0, 0.05) is 12.1 Å². The smallest absolute Gasteiger partial charge is 0.276 e. The predicted octanol–water partition coefficient (Wildman–Crippen LogP) is -0.119. The summed E-state index contributed by atoms with van der Waals surface area (Å²) < 4.78 is 1.49. The lowest BCUT2D eigenvalue weighted by Gasteiger charge is -1.96. The van der Waals surface area contributed by atoms with Crippen molar-refractivity contribution in [2.24, 2.45) is 0 Å². The second-order valence-electron chi connectivity index (χ2n) is 5.25. The minimum atomic E-state index is -0.464. The first-order valence-electron chi connectivity index (χ1n) is 7.06. The zero-order valence-corrected chi connectivity index (χ0v) is 11.9. The minimum absolute atomic E-state index is 0.00391. The molecule has 0 fully saturated rings. The lowest BCUT2D eigenvalue weighted by atomic mass is 10.2. The Morgan fingerprint density at radius 3 is 2.83 bits per heavy atom. The molecule has 0 unspecified atom stereocenters. The lowest BCUT2D eigenvalue weighted by Crippen LogP contribution is -2.28.